The lowest BCUT2D eigenvalue weighted by atomic mass is 9.88. The van der Waals surface area contributed by atoms with Crippen molar-refractivity contribution in [3.63, 3.8) is 0 Å². The van der Waals surface area contributed by atoms with Crippen LogP contribution in [0.2, 0.25) is 10.0 Å². The topological polar surface area (TPSA) is 32.3 Å². The molecule has 2 aromatic rings. The molecule has 0 saturated carbocycles. The number of rotatable bonds is 4. The monoisotopic (exact) mass is 380 g/mol. The Kier molecular flexibility index (Phi) is 5.62. The molecule has 0 spiro atoms. The van der Waals surface area contributed by atoms with Gasteiger partial charge in [0.15, 0.2) is 0 Å². The zero-order valence-electron chi connectivity index (χ0n) is 13.8. The second kappa shape index (κ2) is 7.73. The molecule has 0 radical (unpaired) electrons. The minimum atomic E-state index is -0.437. The fraction of sp³-hybridized carbons (Fsp3) is 0.316. The molecule has 0 aromatic heterocycles. The first-order chi connectivity index (χ1) is 12.0. The third kappa shape index (κ3) is 3.97. The van der Waals surface area contributed by atoms with Gasteiger partial charge in [-0.25, -0.2) is 4.39 Å². The number of carbonyl (C=O) groups excluding carboxylic acids is 1. The Balaban J connectivity index is 1.86. The van der Waals surface area contributed by atoms with Crippen molar-refractivity contribution in [2.75, 3.05) is 25.0 Å². The number of amides is 1. The molecule has 1 aliphatic heterocycles. The van der Waals surface area contributed by atoms with E-state index >= 15 is 0 Å². The fourth-order valence-corrected chi connectivity index (χ4v) is 3.70. The highest BCUT2D eigenvalue weighted by Gasteiger charge is 2.39. The van der Waals surface area contributed by atoms with Crippen molar-refractivity contribution >= 4 is 34.8 Å². The molecule has 2 aromatic carbocycles. The largest absolute Gasteiger partial charge is 0.326 e. The van der Waals surface area contributed by atoms with Crippen molar-refractivity contribution in [1.82, 2.24) is 4.90 Å². The van der Waals surface area contributed by atoms with Crippen LogP contribution in [-0.4, -0.2) is 30.4 Å². The Morgan fingerprint density at radius 1 is 1.24 bits per heavy atom. The van der Waals surface area contributed by atoms with Crippen LogP contribution in [0.15, 0.2) is 42.5 Å². The molecule has 1 saturated heterocycles. The summed E-state index contributed by atoms with van der Waals surface area (Å²) in [5.41, 5.74) is 1.13. The minimum Gasteiger partial charge on any atom is -0.326 e. The van der Waals surface area contributed by atoms with E-state index in [1.54, 1.807) is 36.4 Å². The first-order valence-corrected chi connectivity index (χ1v) is 8.98. The first kappa shape index (κ1) is 18.2. The highest BCUT2D eigenvalue weighted by molar-refractivity contribution is 6.31. The van der Waals surface area contributed by atoms with Gasteiger partial charge in [0.2, 0.25) is 5.91 Å². The lowest BCUT2D eigenvalue weighted by Gasteiger charge is -2.19. The predicted octanol–water partition coefficient (Wildman–Crippen LogP) is 4.81. The van der Waals surface area contributed by atoms with Crippen molar-refractivity contribution in [2.24, 2.45) is 5.92 Å². The zero-order chi connectivity index (χ0) is 18.0. The predicted molar refractivity (Wildman–Crippen MR) is 99.8 cm³/mol. The van der Waals surface area contributed by atoms with Crippen molar-refractivity contribution in [2.45, 2.75) is 12.8 Å². The van der Waals surface area contributed by atoms with Crippen LogP contribution in [0.1, 0.15) is 18.4 Å². The lowest BCUT2D eigenvalue weighted by molar-refractivity contribution is -0.119. The SMILES string of the molecule is CCN1CC(C(=O)Nc2cccc(Cl)c2)C(c2cccc(Cl)c2F)C1. The van der Waals surface area contributed by atoms with Gasteiger partial charge in [-0.15, -0.1) is 0 Å². The number of hydrogen-bond acceptors (Lipinski definition) is 2. The van der Waals surface area contributed by atoms with Gasteiger partial charge in [0.05, 0.1) is 10.9 Å². The van der Waals surface area contributed by atoms with Crippen molar-refractivity contribution in [3.05, 3.63) is 63.9 Å². The van der Waals surface area contributed by atoms with Crippen molar-refractivity contribution < 1.29 is 9.18 Å². The van der Waals surface area contributed by atoms with Gasteiger partial charge >= 0.3 is 0 Å². The average molecular weight is 381 g/mol. The number of halogens is 3. The molecule has 2 atom stereocenters. The van der Waals surface area contributed by atoms with Crippen LogP contribution in [0.4, 0.5) is 10.1 Å². The molecule has 0 bridgehead atoms. The molecule has 1 heterocycles. The van der Waals surface area contributed by atoms with E-state index in [-0.39, 0.29) is 22.8 Å². The van der Waals surface area contributed by atoms with Gasteiger partial charge in [-0.3, -0.25) is 4.79 Å². The van der Waals surface area contributed by atoms with Gasteiger partial charge < -0.3 is 10.2 Å². The lowest BCUT2D eigenvalue weighted by Crippen LogP contribution is -2.29. The van der Waals surface area contributed by atoms with Crippen LogP contribution < -0.4 is 5.32 Å². The Morgan fingerprint density at radius 2 is 2.00 bits per heavy atom. The third-order valence-corrected chi connectivity index (χ3v) is 5.18. The number of benzene rings is 2. The third-order valence-electron chi connectivity index (χ3n) is 4.65. The van der Waals surface area contributed by atoms with E-state index in [0.717, 1.165) is 6.54 Å². The zero-order valence-corrected chi connectivity index (χ0v) is 15.3. The molecule has 1 amide bonds. The summed E-state index contributed by atoms with van der Waals surface area (Å²) in [5, 5.41) is 3.53. The molecular formula is C19H19Cl2FN2O. The number of likely N-dealkylation sites (tertiary alicyclic amines) is 1. The Bertz CT molecular complexity index is 784. The number of nitrogens with one attached hydrogen (secondary N) is 1. The molecule has 132 valence electrons. The summed E-state index contributed by atoms with van der Waals surface area (Å²) in [6.45, 7) is 4.04. The van der Waals surface area contributed by atoms with E-state index in [0.29, 0.717) is 29.4 Å². The van der Waals surface area contributed by atoms with E-state index in [1.807, 2.05) is 6.92 Å². The number of hydrogen-bond donors (Lipinski definition) is 1. The van der Waals surface area contributed by atoms with Crippen LogP contribution in [0.5, 0.6) is 0 Å². The normalized spacial score (nSPS) is 20.6. The maximum Gasteiger partial charge on any atom is 0.229 e. The standard InChI is InChI=1S/C19H19Cl2FN2O/c1-2-24-10-15(14-7-4-8-17(21)18(14)22)16(11-24)19(25)23-13-6-3-5-12(20)9-13/h3-9,15-16H,2,10-11H2,1H3,(H,23,25). The van der Waals surface area contributed by atoms with Crippen LogP contribution in [0.3, 0.4) is 0 Å². The summed E-state index contributed by atoms with van der Waals surface area (Å²) in [7, 11) is 0. The maximum absolute atomic E-state index is 14.5. The number of carbonyl (C=O) groups is 1. The van der Waals surface area contributed by atoms with E-state index in [2.05, 4.69) is 10.2 Å². The van der Waals surface area contributed by atoms with Gasteiger partial charge in [0, 0.05) is 29.7 Å². The summed E-state index contributed by atoms with van der Waals surface area (Å²) in [6.07, 6.45) is 0. The smallest absolute Gasteiger partial charge is 0.229 e. The van der Waals surface area contributed by atoms with E-state index < -0.39 is 5.82 Å². The van der Waals surface area contributed by atoms with Gasteiger partial charge in [-0.1, -0.05) is 48.3 Å². The van der Waals surface area contributed by atoms with Crippen LogP contribution in [0, 0.1) is 11.7 Å². The fourth-order valence-electron chi connectivity index (χ4n) is 3.33. The molecule has 6 heteroatoms. The highest BCUT2D eigenvalue weighted by Crippen LogP contribution is 2.36. The molecular weight excluding hydrogens is 362 g/mol. The first-order valence-electron chi connectivity index (χ1n) is 8.22. The Hall–Kier alpha value is -1.62. The minimum absolute atomic E-state index is 0.0847. The van der Waals surface area contributed by atoms with E-state index in [1.165, 1.54) is 6.07 Å². The molecule has 1 N–H and O–H groups in total. The van der Waals surface area contributed by atoms with Crippen LogP contribution >= 0.6 is 23.2 Å². The summed E-state index contributed by atoms with van der Waals surface area (Å²) in [4.78, 5) is 15.0. The quantitative estimate of drug-likeness (QED) is 0.825. The summed E-state index contributed by atoms with van der Waals surface area (Å²) >= 11 is 11.9. The summed E-state index contributed by atoms with van der Waals surface area (Å²) < 4.78 is 14.5. The van der Waals surface area contributed by atoms with E-state index in [9.17, 15) is 9.18 Å². The summed E-state index contributed by atoms with van der Waals surface area (Å²) in [6, 6.07) is 12.0. The Morgan fingerprint density at radius 3 is 2.72 bits per heavy atom. The Labute approximate surface area is 156 Å². The number of likely N-dealkylation sites (N-methyl/N-ethyl adjacent to an activating group) is 1. The molecule has 1 fully saturated rings. The molecule has 0 aliphatic carbocycles. The number of anilines is 1. The maximum atomic E-state index is 14.5. The van der Waals surface area contributed by atoms with Crippen LogP contribution in [-0.2, 0) is 4.79 Å². The van der Waals surface area contributed by atoms with Gasteiger partial charge in [0.25, 0.3) is 0 Å². The second-order valence-corrected chi connectivity index (χ2v) is 7.05. The van der Waals surface area contributed by atoms with Crippen molar-refractivity contribution in [1.29, 1.82) is 0 Å². The molecule has 2 unspecified atom stereocenters. The van der Waals surface area contributed by atoms with Gasteiger partial charge in [0.1, 0.15) is 5.82 Å². The molecule has 25 heavy (non-hydrogen) atoms. The van der Waals surface area contributed by atoms with Crippen molar-refractivity contribution in [3.8, 4) is 0 Å². The average Bonchev–Trinajstić information content (AvgIpc) is 3.02. The number of nitrogens with zero attached hydrogens (tertiary/aromatic N) is 1. The summed E-state index contributed by atoms with van der Waals surface area (Å²) in [5.74, 6) is -1.17. The van der Waals surface area contributed by atoms with E-state index in [4.69, 9.17) is 23.2 Å². The molecule has 3 rings (SSSR count). The highest BCUT2D eigenvalue weighted by atomic mass is 35.5. The second-order valence-electron chi connectivity index (χ2n) is 6.21. The molecule has 3 nitrogen and oxygen atoms in total. The van der Waals surface area contributed by atoms with Crippen LogP contribution in [0.25, 0.3) is 0 Å². The molecule has 1 aliphatic rings. The van der Waals surface area contributed by atoms with Gasteiger partial charge in [-0.05, 0) is 36.4 Å². The van der Waals surface area contributed by atoms with Gasteiger partial charge in [-0.2, -0.15) is 0 Å².